The van der Waals surface area contributed by atoms with Crippen LogP contribution < -0.4 is 11.0 Å². The Morgan fingerprint density at radius 2 is 1.84 bits per heavy atom. The number of rotatable bonds is 9. The van der Waals surface area contributed by atoms with Crippen molar-refractivity contribution in [2.75, 3.05) is 25.1 Å². The fraction of sp³-hybridized carbons (Fsp3) is 0.632. The summed E-state index contributed by atoms with van der Waals surface area (Å²) >= 11 is 1.88. The third-order valence-corrected chi connectivity index (χ3v) is 5.09. The summed E-state index contributed by atoms with van der Waals surface area (Å²) in [6.45, 7) is 7.10. The highest BCUT2D eigenvalue weighted by atomic mass is 127. The van der Waals surface area contributed by atoms with Crippen LogP contribution in [0.4, 0.5) is 10.6 Å². The monoisotopic (exact) mass is 567 g/mol. The van der Waals surface area contributed by atoms with E-state index in [0.717, 1.165) is 4.57 Å². The second kappa shape index (κ2) is 12.1. The largest absolute Gasteiger partial charge is 0.456 e. The molecule has 32 heavy (non-hydrogen) atoms. The topological polar surface area (TPSA) is 144 Å². The van der Waals surface area contributed by atoms with Crippen LogP contribution in [0.1, 0.15) is 40.3 Å². The fourth-order valence-corrected chi connectivity index (χ4v) is 3.57. The number of esters is 2. The number of carbonyl (C=O) groups excluding carboxylic acids is 3. The van der Waals surface area contributed by atoms with Crippen LogP contribution in [0.5, 0.6) is 0 Å². The van der Waals surface area contributed by atoms with Crippen molar-refractivity contribution in [3.8, 4) is 0 Å². The summed E-state index contributed by atoms with van der Waals surface area (Å²) in [4.78, 5) is 51.6. The van der Waals surface area contributed by atoms with E-state index in [-0.39, 0.29) is 12.4 Å². The Bertz CT molecular complexity index is 891. The number of anilines is 1. The molecule has 12 nitrogen and oxygen atoms in total. The first kappa shape index (κ1) is 26.0. The van der Waals surface area contributed by atoms with E-state index in [0.29, 0.717) is 23.2 Å². The number of ether oxygens (including phenoxy) is 5. The number of amides is 1. The van der Waals surface area contributed by atoms with Gasteiger partial charge in [0.15, 0.2) is 24.3 Å². The Balaban J connectivity index is 2.17. The van der Waals surface area contributed by atoms with Crippen molar-refractivity contribution in [1.82, 2.24) is 9.55 Å². The normalized spacial score (nSPS) is 22.3. The van der Waals surface area contributed by atoms with Gasteiger partial charge in [0.2, 0.25) is 0 Å². The Labute approximate surface area is 198 Å². The zero-order valence-electron chi connectivity index (χ0n) is 18.2. The van der Waals surface area contributed by atoms with Gasteiger partial charge >= 0.3 is 23.7 Å². The first-order valence-corrected chi connectivity index (χ1v) is 11.0. The highest BCUT2D eigenvalue weighted by Crippen LogP contribution is 2.33. The van der Waals surface area contributed by atoms with Crippen LogP contribution in [0.25, 0.3) is 0 Å². The summed E-state index contributed by atoms with van der Waals surface area (Å²) in [5.74, 6) is -1.20. The van der Waals surface area contributed by atoms with Crippen molar-refractivity contribution >= 4 is 46.4 Å². The van der Waals surface area contributed by atoms with Gasteiger partial charge in [-0.15, -0.1) is 0 Å². The van der Waals surface area contributed by atoms with Crippen molar-refractivity contribution in [3.05, 3.63) is 20.3 Å². The molecule has 13 heteroatoms. The molecular formula is C19H26IN3O9. The summed E-state index contributed by atoms with van der Waals surface area (Å²) in [5, 5.41) is 2.42. The van der Waals surface area contributed by atoms with Gasteiger partial charge in [-0.25, -0.2) is 9.59 Å². The maximum Gasteiger partial charge on any atom is 0.412 e. The van der Waals surface area contributed by atoms with E-state index in [2.05, 4.69) is 10.3 Å². The molecule has 1 saturated heterocycles. The van der Waals surface area contributed by atoms with Gasteiger partial charge in [-0.05, 0) is 36.4 Å². The average Bonchev–Trinajstić information content (AvgIpc) is 2.98. The minimum absolute atomic E-state index is 0.00766. The highest BCUT2D eigenvalue weighted by Gasteiger charge is 2.48. The molecule has 0 aromatic carbocycles. The fourth-order valence-electron chi connectivity index (χ4n) is 3.02. The lowest BCUT2D eigenvalue weighted by Crippen LogP contribution is -2.40. The minimum Gasteiger partial charge on any atom is -0.456 e. The number of nitrogens with one attached hydrogen (secondary N) is 1. The van der Waals surface area contributed by atoms with Crippen molar-refractivity contribution in [2.45, 2.75) is 58.7 Å². The molecule has 1 aliphatic rings. The Kier molecular flexibility index (Phi) is 9.84. The summed E-state index contributed by atoms with van der Waals surface area (Å²) in [6, 6.07) is 0. The van der Waals surface area contributed by atoms with E-state index in [9.17, 15) is 19.2 Å². The van der Waals surface area contributed by atoms with E-state index in [4.69, 9.17) is 23.7 Å². The van der Waals surface area contributed by atoms with Crippen LogP contribution in [-0.4, -0.2) is 65.7 Å². The van der Waals surface area contributed by atoms with Gasteiger partial charge in [-0.1, -0.05) is 0 Å². The van der Waals surface area contributed by atoms with E-state index in [1.807, 2.05) is 29.5 Å². The lowest BCUT2D eigenvalue weighted by Gasteiger charge is -2.23. The predicted molar refractivity (Wildman–Crippen MR) is 118 cm³/mol. The van der Waals surface area contributed by atoms with Gasteiger partial charge in [-0.2, -0.15) is 4.98 Å². The van der Waals surface area contributed by atoms with Gasteiger partial charge in [0.1, 0.15) is 0 Å². The molecule has 0 aliphatic carbocycles. The van der Waals surface area contributed by atoms with Crippen LogP contribution in [0, 0.1) is 3.57 Å². The molecule has 0 saturated carbocycles. The summed E-state index contributed by atoms with van der Waals surface area (Å²) in [5.41, 5.74) is -0.769. The van der Waals surface area contributed by atoms with Gasteiger partial charge in [0.25, 0.3) is 0 Å². The van der Waals surface area contributed by atoms with Crippen LogP contribution in [-0.2, 0) is 33.3 Å². The van der Waals surface area contributed by atoms with E-state index in [1.54, 1.807) is 6.92 Å². The number of aromatic nitrogens is 2. The SMILES string of the molecule is CCOCCCOC(=O)Nc1nc(=O)n([C@@H]2O[C@H](C)[C@@H](OC(C)=O)[C@H]2OC(C)=O)cc1I. The van der Waals surface area contributed by atoms with Crippen LogP contribution in [0.3, 0.4) is 0 Å². The van der Waals surface area contributed by atoms with Crippen molar-refractivity contribution in [2.24, 2.45) is 0 Å². The number of nitrogens with zero attached hydrogens (tertiary/aromatic N) is 2. The molecule has 0 unspecified atom stereocenters. The third kappa shape index (κ3) is 7.13. The van der Waals surface area contributed by atoms with Gasteiger partial charge < -0.3 is 23.7 Å². The summed E-state index contributed by atoms with van der Waals surface area (Å²) in [6.07, 6.45) is -2.53. The first-order chi connectivity index (χ1) is 15.1. The predicted octanol–water partition coefficient (Wildman–Crippen LogP) is 1.60. The number of carbonyl (C=O) groups is 3. The zero-order chi connectivity index (χ0) is 23.8. The molecule has 2 heterocycles. The lowest BCUT2D eigenvalue weighted by molar-refractivity contribution is -0.165. The molecule has 0 spiro atoms. The van der Waals surface area contributed by atoms with E-state index < -0.39 is 48.3 Å². The van der Waals surface area contributed by atoms with Crippen molar-refractivity contribution < 1.29 is 38.1 Å². The molecule has 0 bridgehead atoms. The van der Waals surface area contributed by atoms with E-state index in [1.165, 1.54) is 20.0 Å². The molecule has 1 amide bonds. The minimum atomic E-state index is -1.08. The Morgan fingerprint density at radius 3 is 2.47 bits per heavy atom. The standard InChI is InChI=1S/C19H26IN3O9/c1-5-28-7-6-8-29-19(27)22-16-13(20)9-23(18(26)21-16)17-15(32-12(4)25)14(10(2)30-17)31-11(3)24/h9-10,14-15,17H,5-8H2,1-4H3,(H,21,22,26,27)/t10-,14-,15-,17-/m1/s1. The summed E-state index contributed by atoms with van der Waals surface area (Å²) < 4.78 is 28.0. The Hall–Kier alpha value is -2.26. The Morgan fingerprint density at radius 1 is 1.19 bits per heavy atom. The molecule has 1 aliphatic heterocycles. The van der Waals surface area contributed by atoms with Crippen molar-refractivity contribution in [1.29, 1.82) is 0 Å². The van der Waals surface area contributed by atoms with Gasteiger partial charge in [0.05, 0.1) is 16.3 Å². The molecule has 1 fully saturated rings. The van der Waals surface area contributed by atoms with Crippen LogP contribution in [0.15, 0.2) is 11.0 Å². The van der Waals surface area contributed by atoms with Gasteiger partial charge in [0, 0.05) is 39.7 Å². The zero-order valence-corrected chi connectivity index (χ0v) is 20.3. The third-order valence-electron chi connectivity index (χ3n) is 4.30. The lowest BCUT2D eigenvalue weighted by atomic mass is 10.1. The molecular weight excluding hydrogens is 541 g/mol. The average molecular weight is 567 g/mol. The van der Waals surface area contributed by atoms with Crippen LogP contribution >= 0.6 is 22.6 Å². The van der Waals surface area contributed by atoms with E-state index >= 15 is 0 Å². The maximum atomic E-state index is 12.7. The second-order valence-corrected chi connectivity index (χ2v) is 7.98. The molecule has 178 valence electrons. The number of halogens is 1. The maximum absolute atomic E-state index is 12.7. The number of hydrogen-bond acceptors (Lipinski definition) is 10. The molecule has 1 N–H and O–H groups in total. The summed E-state index contributed by atoms with van der Waals surface area (Å²) in [7, 11) is 0. The van der Waals surface area contributed by atoms with Crippen LogP contribution in [0.2, 0.25) is 0 Å². The molecule has 1 aromatic rings. The number of hydrogen-bond donors (Lipinski definition) is 1. The molecule has 1 aromatic heterocycles. The molecule has 2 rings (SSSR count). The smallest absolute Gasteiger partial charge is 0.412 e. The molecule has 0 radical (unpaired) electrons. The van der Waals surface area contributed by atoms with Gasteiger partial charge in [-0.3, -0.25) is 19.5 Å². The van der Waals surface area contributed by atoms with Crippen molar-refractivity contribution in [3.63, 3.8) is 0 Å². The molecule has 4 atom stereocenters. The second-order valence-electron chi connectivity index (χ2n) is 6.82. The highest BCUT2D eigenvalue weighted by molar-refractivity contribution is 14.1. The first-order valence-electron chi connectivity index (χ1n) is 9.94. The quantitative estimate of drug-likeness (QED) is 0.202.